The van der Waals surface area contributed by atoms with Crippen molar-refractivity contribution in [2.24, 2.45) is 5.92 Å². The summed E-state index contributed by atoms with van der Waals surface area (Å²) >= 11 is 0. The summed E-state index contributed by atoms with van der Waals surface area (Å²) in [7, 11) is 0. The minimum absolute atomic E-state index is 0.00957. The number of nitrogens with one attached hydrogen (secondary N) is 2. The number of amides is 1. The Bertz CT molecular complexity index is 363. The Morgan fingerprint density at radius 3 is 2.16 bits per heavy atom. The van der Waals surface area contributed by atoms with Crippen molar-refractivity contribution in [2.75, 3.05) is 52.7 Å². The Labute approximate surface area is 150 Å². The molecule has 0 bridgehead atoms. The van der Waals surface area contributed by atoms with Gasteiger partial charge in [0.2, 0.25) is 5.91 Å². The second-order valence-corrected chi connectivity index (χ2v) is 6.27. The van der Waals surface area contributed by atoms with Crippen LogP contribution in [0.25, 0.3) is 0 Å². The van der Waals surface area contributed by atoms with Crippen LogP contribution in [-0.2, 0) is 23.8 Å². The molecule has 0 spiro atoms. The van der Waals surface area contributed by atoms with Gasteiger partial charge in [0.05, 0.1) is 64.9 Å². The zero-order valence-electron chi connectivity index (χ0n) is 15.9. The van der Waals surface area contributed by atoms with E-state index in [1.165, 1.54) is 0 Å². The van der Waals surface area contributed by atoms with Gasteiger partial charge in [-0.2, -0.15) is 0 Å². The number of hydrogen-bond donors (Lipinski definition) is 3. The molecule has 0 saturated carbocycles. The van der Waals surface area contributed by atoms with E-state index < -0.39 is 0 Å². The Morgan fingerprint density at radius 2 is 1.60 bits per heavy atom. The first-order chi connectivity index (χ1) is 11.9. The molecule has 1 unspecified atom stereocenters. The van der Waals surface area contributed by atoms with Crippen LogP contribution in [0.4, 0.5) is 0 Å². The molecule has 1 amide bonds. The summed E-state index contributed by atoms with van der Waals surface area (Å²) in [6.45, 7) is 9.36. The molecule has 0 saturated heterocycles. The molecule has 0 rings (SSSR count). The minimum atomic E-state index is -0.260. The van der Waals surface area contributed by atoms with E-state index in [1.807, 2.05) is 13.8 Å². The highest BCUT2D eigenvalue weighted by molar-refractivity contribution is 5.87. The highest BCUT2D eigenvalue weighted by Gasteiger charge is 2.13. The van der Waals surface area contributed by atoms with Crippen LogP contribution in [0.1, 0.15) is 27.7 Å². The molecule has 0 aliphatic carbocycles. The first-order valence-electron chi connectivity index (χ1n) is 8.77. The van der Waals surface area contributed by atoms with Crippen molar-refractivity contribution in [1.29, 1.82) is 0 Å². The number of rotatable bonds is 16. The molecule has 8 heteroatoms. The first-order valence-corrected chi connectivity index (χ1v) is 8.77. The molecule has 1 atom stereocenters. The monoisotopic (exact) mass is 362 g/mol. The standard InChI is InChI=1S/C17H34N2O6/c1-13(2)16(21)9-19-17(22)10-18-15(11-23-6-5-20)12-24-7-8-25-14(3)4/h13-15,18,20H,5-12H2,1-4H3,(H,19,22). The number of carbonyl (C=O) groups is 2. The molecule has 0 radical (unpaired) electrons. The predicted molar refractivity (Wildman–Crippen MR) is 94.5 cm³/mol. The Morgan fingerprint density at radius 1 is 0.960 bits per heavy atom. The fourth-order valence-electron chi connectivity index (χ4n) is 1.71. The van der Waals surface area contributed by atoms with Gasteiger partial charge in [0.25, 0.3) is 0 Å². The number of Topliss-reactive ketones (excluding diaryl/α,β-unsaturated/α-hetero) is 1. The predicted octanol–water partition coefficient (Wildman–Crippen LogP) is -0.264. The van der Waals surface area contributed by atoms with Gasteiger partial charge < -0.3 is 30.0 Å². The Hall–Kier alpha value is -1.06. The smallest absolute Gasteiger partial charge is 0.234 e. The third-order valence-electron chi connectivity index (χ3n) is 3.21. The number of carbonyl (C=O) groups excluding carboxylic acids is 2. The number of aliphatic hydroxyl groups excluding tert-OH is 1. The lowest BCUT2D eigenvalue weighted by Gasteiger charge is -2.19. The lowest BCUT2D eigenvalue weighted by atomic mass is 10.1. The third kappa shape index (κ3) is 14.9. The number of hydrogen-bond acceptors (Lipinski definition) is 7. The van der Waals surface area contributed by atoms with Crippen molar-refractivity contribution in [3.05, 3.63) is 0 Å². The van der Waals surface area contributed by atoms with Crippen molar-refractivity contribution < 1.29 is 28.9 Å². The van der Waals surface area contributed by atoms with Crippen LogP contribution in [0, 0.1) is 5.92 Å². The molecule has 148 valence electrons. The van der Waals surface area contributed by atoms with Gasteiger partial charge in [0.1, 0.15) is 0 Å². The summed E-state index contributed by atoms with van der Waals surface area (Å²) in [5, 5.41) is 14.4. The zero-order chi connectivity index (χ0) is 19.1. The summed E-state index contributed by atoms with van der Waals surface area (Å²) < 4.78 is 16.2. The molecule has 0 heterocycles. The second kappa shape index (κ2) is 15.2. The minimum Gasteiger partial charge on any atom is -0.394 e. The molecular formula is C17H34N2O6. The molecule has 0 aliphatic rings. The number of ketones is 1. The molecule has 0 aromatic rings. The van der Waals surface area contributed by atoms with Gasteiger partial charge in [0, 0.05) is 5.92 Å². The van der Waals surface area contributed by atoms with E-state index in [1.54, 1.807) is 13.8 Å². The average molecular weight is 362 g/mol. The van der Waals surface area contributed by atoms with E-state index in [0.29, 0.717) is 26.4 Å². The van der Waals surface area contributed by atoms with Crippen LogP contribution in [-0.4, -0.2) is 81.7 Å². The molecule has 25 heavy (non-hydrogen) atoms. The molecule has 0 aromatic heterocycles. The normalized spacial score (nSPS) is 12.6. The van der Waals surface area contributed by atoms with Crippen LogP contribution in [0.3, 0.4) is 0 Å². The van der Waals surface area contributed by atoms with Crippen molar-refractivity contribution in [3.8, 4) is 0 Å². The fourth-order valence-corrected chi connectivity index (χ4v) is 1.71. The average Bonchev–Trinajstić information content (AvgIpc) is 2.56. The number of ether oxygens (including phenoxy) is 3. The van der Waals surface area contributed by atoms with Crippen molar-refractivity contribution in [1.82, 2.24) is 10.6 Å². The van der Waals surface area contributed by atoms with Crippen molar-refractivity contribution in [2.45, 2.75) is 39.8 Å². The maximum atomic E-state index is 11.8. The maximum Gasteiger partial charge on any atom is 0.234 e. The van der Waals surface area contributed by atoms with Gasteiger partial charge >= 0.3 is 0 Å². The summed E-state index contributed by atoms with van der Waals surface area (Å²) in [5.74, 6) is -0.372. The van der Waals surface area contributed by atoms with E-state index in [4.69, 9.17) is 19.3 Å². The highest BCUT2D eigenvalue weighted by Crippen LogP contribution is 1.93. The zero-order valence-corrected chi connectivity index (χ0v) is 15.9. The van der Waals surface area contributed by atoms with E-state index in [9.17, 15) is 9.59 Å². The highest BCUT2D eigenvalue weighted by atomic mass is 16.5. The first kappa shape index (κ1) is 23.9. The fraction of sp³-hybridized carbons (Fsp3) is 0.882. The Balaban J connectivity index is 4.06. The molecule has 3 N–H and O–H groups in total. The van der Waals surface area contributed by atoms with Gasteiger partial charge in [-0.25, -0.2) is 0 Å². The van der Waals surface area contributed by atoms with Gasteiger partial charge in [-0.05, 0) is 13.8 Å². The molecular weight excluding hydrogens is 328 g/mol. The molecule has 0 fully saturated rings. The van der Waals surface area contributed by atoms with E-state index in [0.717, 1.165) is 0 Å². The molecule has 0 aliphatic heterocycles. The summed E-state index contributed by atoms with van der Waals surface area (Å²) in [4.78, 5) is 23.3. The molecule has 0 aromatic carbocycles. The van der Waals surface area contributed by atoms with E-state index in [2.05, 4.69) is 10.6 Å². The summed E-state index contributed by atoms with van der Waals surface area (Å²) in [6, 6.07) is -0.197. The van der Waals surface area contributed by atoms with Crippen LogP contribution >= 0.6 is 0 Å². The lowest BCUT2D eigenvalue weighted by Crippen LogP contribution is -2.45. The van der Waals surface area contributed by atoms with Crippen LogP contribution in [0.5, 0.6) is 0 Å². The van der Waals surface area contributed by atoms with Crippen LogP contribution in [0.15, 0.2) is 0 Å². The Kier molecular flexibility index (Phi) is 14.6. The van der Waals surface area contributed by atoms with E-state index >= 15 is 0 Å². The molecule has 8 nitrogen and oxygen atoms in total. The summed E-state index contributed by atoms with van der Waals surface area (Å²) in [5.41, 5.74) is 0. The number of aliphatic hydroxyl groups is 1. The van der Waals surface area contributed by atoms with Gasteiger partial charge in [0.15, 0.2) is 5.78 Å². The second-order valence-electron chi connectivity index (χ2n) is 6.27. The van der Waals surface area contributed by atoms with Crippen molar-refractivity contribution in [3.63, 3.8) is 0 Å². The topological polar surface area (TPSA) is 106 Å². The SMILES string of the molecule is CC(C)OCCOCC(COCCO)NCC(=O)NCC(=O)C(C)C. The quantitative estimate of drug-likeness (QED) is 0.325. The third-order valence-corrected chi connectivity index (χ3v) is 3.21. The summed E-state index contributed by atoms with van der Waals surface area (Å²) in [6.07, 6.45) is 0.155. The van der Waals surface area contributed by atoms with Crippen molar-refractivity contribution >= 4 is 11.7 Å². The largest absolute Gasteiger partial charge is 0.394 e. The maximum absolute atomic E-state index is 11.8. The van der Waals surface area contributed by atoms with E-state index in [-0.39, 0.29) is 56.1 Å². The van der Waals surface area contributed by atoms with Crippen LogP contribution < -0.4 is 10.6 Å². The van der Waals surface area contributed by atoms with Gasteiger partial charge in [-0.3, -0.25) is 9.59 Å². The lowest BCUT2D eigenvalue weighted by molar-refractivity contribution is -0.126. The van der Waals surface area contributed by atoms with Crippen LogP contribution in [0.2, 0.25) is 0 Å². The van der Waals surface area contributed by atoms with Gasteiger partial charge in [-0.15, -0.1) is 0 Å². The van der Waals surface area contributed by atoms with Gasteiger partial charge in [-0.1, -0.05) is 13.8 Å².